The minimum atomic E-state index is -1.76. The average molecular weight is 588 g/mol. The molecule has 0 amide bonds. The first-order valence-electron chi connectivity index (χ1n) is 12.8. The Hall–Kier alpha value is -4.81. The summed E-state index contributed by atoms with van der Waals surface area (Å²) >= 11 is 0. The SMILES string of the molecule is CC(=O)OC[C@@H](OC(C)=O)[C@@H](OC(C)=O)[C@H](OC(C)=O)[C@@H](OC(C)=O)c1cc(C(C)=O)c(-c2ccccc2)c(=O)n1C. The number of ketones is 1. The molecule has 2 aromatic rings. The maximum absolute atomic E-state index is 13.7. The number of pyridine rings is 1. The van der Waals surface area contributed by atoms with Crippen LogP contribution in [-0.4, -0.2) is 65.1 Å². The Bertz CT molecular complexity index is 1410. The maximum Gasteiger partial charge on any atom is 0.303 e. The second kappa shape index (κ2) is 14.7. The summed E-state index contributed by atoms with van der Waals surface area (Å²) in [6.45, 7) is 5.82. The van der Waals surface area contributed by atoms with Gasteiger partial charge in [-0.1, -0.05) is 30.3 Å². The van der Waals surface area contributed by atoms with Crippen LogP contribution in [0.3, 0.4) is 0 Å². The zero-order valence-electron chi connectivity index (χ0n) is 24.3. The number of Topliss-reactive ketones (excluding diaryl/α,β-unsaturated/α-hetero) is 1. The first-order valence-corrected chi connectivity index (χ1v) is 12.8. The number of benzene rings is 1. The lowest BCUT2D eigenvalue weighted by atomic mass is 9.94. The van der Waals surface area contributed by atoms with Gasteiger partial charge in [-0.25, -0.2) is 0 Å². The van der Waals surface area contributed by atoms with Gasteiger partial charge in [0.2, 0.25) is 0 Å². The monoisotopic (exact) mass is 587 g/mol. The third kappa shape index (κ3) is 8.85. The van der Waals surface area contributed by atoms with E-state index < -0.39 is 72.2 Å². The number of esters is 5. The molecule has 2 rings (SSSR count). The van der Waals surface area contributed by atoms with E-state index in [2.05, 4.69) is 0 Å². The zero-order chi connectivity index (χ0) is 31.7. The van der Waals surface area contributed by atoms with Crippen molar-refractivity contribution in [3.05, 3.63) is 58.0 Å². The summed E-state index contributed by atoms with van der Waals surface area (Å²) in [7, 11) is 1.35. The van der Waals surface area contributed by atoms with Gasteiger partial charge in [-0.2, -0.15) is 0 Å². The highest BCUT2D eigenvalue weighted by molar-refractivity contribution is 6.00. The minimum absolute atomic E-state index is 0.0292. The van der Waals surface area contributed by atoms with E-state index in [4.69, 9.17) is 23.7 Å². The van der Waals surface area contributed by atoms with Gasteiger partial charge in [-0.15, -0.1) is 0 Å². The number of carbonyl (C=O) groups is 6. The lowest BCUT2D eigenvalue weighted by molar-refractivity contribution is -0.203. The molecule has 0 saturated carbocycles. The van der Waals surface area contributed by atoms with Gasteiger partial charge in [0.05, 0.1) is 11.3 Å². The van der Waals surface area contributed by atoms with Crippen LogP contribution in [-0.2, 0) is 54.7 Å². The van der Waals surface area contributed by atoms with Gasteiger partial charge < -0.3 is 28.3 Å². The molecule has 0 aliphatic heterocycles. The predicted octanol–water partition coefficient (Wildman–Crippen LogP) is 2.22. The van der Waals surface area contributed by atoms with Crippen molar-refractivity contribution in [2.75, 3.05) is 6.61 Å². The number of ether oxygens (including phenoxy) is 5. The molecule has 0 saturated heterocycles. The molecule has 13 heteroatoms. The Morgan fingerprint density at radius 3 is 1.71 bits per heavy atom. The second-order valence-electron chi connectivity index (χ2n) is 9.27. The van der Waals surface area contributed by atoms with Gasteiger partial charge in [0, 0.05) is 47.2 Å². The van der Waals surface area contributed by atoms with E-state index in [0.29, 0.717) is 5.56 Å². The van der Waals surface area contributed by atoms with E-state index in [9.17, 15) is 33.6 Å². The van der Waals surface area contributed by atoms with Gasteiger partial charge in [0.25, 0.3) is 5.56 Å². The molecule has 1 heterocycles. The van der Waals surface area contributed by atoms with Crippen molar-refractivity contribution >= 4 is 35.6 Å². The lowest BCUT2D eigenvalue weighted by Crippen LogP contribution is -2.51. The summed E-state index contributed by atoms with van der Waals surface area (Å²) in [5, 5.41) is 0. The molecule has 0 aliphatic carbocycles. The van der Waals surface area contributed by atoms with Crippen LogP contribution in [0.2, 0.25) is 0 Å². The van der Waals surface area contributed by atoms with Gasteiger partial charge >= 0.3 is 29.8 Å². The minimum Gasteiger partial charge on any atom is -0.462 e. The van der Waals surface area contributed by atoms with E-state index in [-0.39, 0.29) is 16.8 Å². The number of nitrogens with zero attached hydrogens (tertiary/aromatic N) is 1. The first kappa shape index (κ1) is 33.4. The summed E-state index contributed by atoms with van der Waals surface area (Å²) in [5.41, 5.74) is -0.271. The third-order valence-electron chi connectivity index (χ3n) is 5.85. The molecule has 226 valence electrons. The van der Waals surface area contributed by atoms with Crippen LogP contribution in [0.15, 0.2) is 41.2 Å². The summed E-state index contributed by atoms with van der Waals surface area (Å²) in [4.78, 5) is 86.9. The highest BCUT2D eigenvalue weighted by Crippen LogP contribution is 2.32. The van der Waals surface area contributed by atoms with E-state index in [0.717, 1.165) is 39.2 Å². The molecule has 0 spiro atoms. The second-order valence-corrected chi connectivity index (χ2v) is 9.27. The van der Waals surface area contributed by atoms with E-state index in [1.54, 1.807) is 30.3 Å². The van der Waals surface area contributed by atoms with Crippen molar-refractivity contribution in [3.63, 3.8) is 0 Å². The predicted molar refractivity (Wildman–Crippen MR) is 145 cm³/mol. The number of aromatic nitrogens is 1. The molecular formula is C29H33NO12. The molecule has 0 radical (unpaired) electrons. The highest BCUT2D eigenvalue weighted by atomic mass is 16.6. The maximum atomic E-state index is 13.7. The fraction of sp³-hybridized carbons (Fsp3) is 0.414. The van der Waals surface area contributed by atoms with Crippen molar-refractivity contribution in [2.24, 2.45) is 7.05 Å². The molecule has 13 nitrogen and oxygen atoms in total. The Morgan fingerprint density at radius 1 is 0.714 bits per heavy atom. The molecule has 42 heavy (non-hydrogen) atoms. The number of rotatable bonds is 12. The van der Waals surface area contributed by atoms with Crippen LogP contribution in [0.1, 0.15) is 63.7 Å². The molecule has 1 aromatic heterocycles. The average Bonchev–Trinajstić information content (AvgIpc) is 2.88. The molecule has 0 unspecified atom stereocenters. The molecule has 0 N–H and O–H groups in total. The fourth-order valence-corrected chi connectivity index (χ4v) is 4.27. The van der Waals surface area contributed by atoms with Gasteiger partial charge in [0.1, 0.15) is 6.61 Å². The van der Waals surface area contributed by atoms with Gasteiger partial charge in [0.15, 0.2) is 30.2 Å². The quantitative estimate of drug-likeness (QED) is 0.202. The summed E-state index contributed by atoms with van der Waals surface area (Å²) in [6, 6.07) is 9.70. The van der Waals surface area contributed by atoms with Crippen LogP contribution < -0.4 is 5.56 Å². The smallest absolute Gasteiger partial charge is 0.303 e. The Balaban J connectivity index is 2.91. The molecule has 0 fully saturated rings. The van der Waals surface area contributed by atoms with Crippen LogP contribution in [0.25, 0.3) is 11.1 Å². The van der Waals surface area contributed by atoms with Crippen LogP contribution in [0.4, 0.5) is 0 Å². The van der Waals surface area contributed by atoms with Crippen molar-refractivity contribution in [1.82, 2.24) is 4.57 Å². The highest BCUT2D eigenvalue weighted by Gasteiger charge is 2.45. The number of carbonyl (C=O) groups excluding carboxylic acids is 6. The number of hydrogen-bond acceptors (Lipinski definition) is 12. The number of hydrogen-bond donors (Lipinski definition) is 0. The van der Waals surface area contributed by atoms with E-state index >= 15 is 0 Å². The Labute approximate surface area is 241 Å². The molecule has 0 aliphatic rings. The molecule has 4 atom stereocenters. The zero-order valence-corrected chi connectivity index (χ0v) is 24.3. The third-order valence-corrected chi connectivity index (χ3v) is 5.85. The van der Waals surface area contributed by atoms with E-state index in [1.807, 2.05) is 0 Å². The van der Waals surface area contributed by atoms with Crippen molar-refractivity contribution in [2.45, 2.75) is 66.0 Å². The van der Waals surface area contributed by atoms with Crippen molar-refractivity contribution in [3.8, 4) is 11.1 Å². The first-order chi connectivity index (χ1) is 19.6. The molecule has 1 aromatic carbocycles. The van der Waals surface area contributed by atoms with Crippen molar-refractivity contribution < 1.29 is 52.5 Å². The largest absolute Gasteiger partial charge is 0.462 e. The lowest BCUT2D eigenvalue weighted by Gasteiger charge is -2.36. The van der Waals surface area contributed by atoms with Crippen LogP contribution in [0.5, 0.6) is 0 Å². The molecular weight excluding hydrogens is 554 g/mol. The standard InChI is InChI=1S/C29H33NO12/c1-15(31)22-13-23(30(7)29(37)25(22)21-11-9-8-10-12-21)26(40-18(4)34)28(42-20(6)36)27(41-19(5)35)24(39-17(3)33)14-38-16(2)32/h8-13,24,26-28H,14H2,1-7H3/t24-,26+,27-,28-/m1/s1. The summed E-state index contributed by atoms with van der Waals surface area (Å²) in [5.74, 6) is -4.88. The Kier molecular flexibility index (Phi) is 11.7. The van der Waals surface area contributed by atoms with Gasteiger partial charge in [-0.3, -0.25) is 33.6 Å². The fourth-order valence-electron chi connectivity index (χ4n) is 4.27. The van der Waals surface area contributed by atoms with Crippen LogP contribution >= 0.6 is 0 Å². The normalized spacial score (nSPS) is 13.5. The summed E-state index contributed by atoms with van der Waals surface area (Å²) < 4.78 is 27.8. The van der Waals surface area contributed by atoms with Gasteiger partial charge in [-0.05, 0) is 18.6 Å². The van der Waals surface area contributed by atoms with Crippen LogP contribution in [0, 0.1) is 0 Å². The summed E-state index contributed by atoms with van der Waals surface area (Å²) in [6.07, 6.45) is -6.72. The van der Waals surface area contributed by atoms with E-state index in [1.165, 1.54) is 20.0 Å². The topological polar surface area (TPSA) is 171 Å². The Morgan fingerprint density at radius 2 is 1.24 bits per heavy atom. The van der Waals surface area contributed by atoms with Crippen molar-refractivity contribution in [1.29, 1.82) is 0 Å². The molecule has 0 bridgehead atoms.